The molecule has 1 saturated carbocycles. The summed E-state index contributed by atoms with van der Waals surface area (Å²) in [5.74, 6) is 0. The van der Waals surface area contributed by atoms with Crippen molar-refractivity contribution in [2.24, 2.45) is 0 Å². The normalized spacial score (nSPS) is 24.2. The summed E-state index contributed by atoms with van der Waals surface area (Å²) in [4.78, 5) is 0. The number of nitrogens with one attached hydrogen (secondary N) is 1. The zero-order chi connectivity index (χ0) is 12.3. The molecule has 1 N–H and O–H groups in total. The lowest BCUT2D eigenvalue weighted by atomic mass is 10.0. The van der Waals surface area contributed by atoms with Gasteiger partial charge in [-0.3, -0.25) is 0 Å². The van der Waals surface area contributed by atoms with E-state index in [-0.39, 0.29) is 0 Å². The lowest BCUT2D eigenvalue weighted by Gasteiger charge is -2.15. The molecule has 1 fully saturated rings. The lowest BCUT2D eigenvalue weighted by molar-refractivity contribution is 0.107. The molecule has 0 saturated heterocycles. The Kier molecular flexibility index (Phi) is 4.19. The highest BCUT2D eigenvalue weighted by Gasteiger charge is 2.23. The fourth-order valence-electron chi connectivity index (χ4n) is 2.71. The minimum absolute atomic E-state index is 0.463. The molecule has 2 atom stereocenters. The van der Waals surface area contributed by atoms with Crippen molar-refractivity contribution in [3.8, 4) is 0 Å². The van der Waals surface area contributed by atoms with Gasteiger partial charge in [-0.2, -0.15) is 0 Å². The Morgan fingerprint density at radius 3 is 2.53 bits per heavy atom. The highest BCUT2D eigenvalue weighted by Crippen LogP contribution is 2.22. The molecular weight excluding hydrogens is 210 g/mol. The first-order chi connectivity index (χ1) is 8.20. The van der Waals surface area contributed by atoms with Gasteiger partial charge in [0, 0.05) is 19.7 Å². The predicted molar refractivity (Wildman–Crippen MR) is 71.2 cm³/mol. The number of methoxy groups -OCH3 is 1. The summed E-state index contributed by atoms with van der Waals surface area (Å²) in [6.07, 6.45) is 4.05. The smallest absolute Gasteiger partial charge is 0.0586 e. The van der Waals surface area contributed by atoms with Gasteiger partial charge in [0.15, 0.2) is 0 Å². The van der Waals surface area contributed by atoms with Crippen LogP contribution in [0.1, 0.15) is 36.0 Å². The molecule has 2 rings (SSSR count). The van der Waals surface area contributed by atoms with Crippen molar-refractivity contribution in [1.82, 2.24) is 5.32 Å². The van der Waals surface area contributed by atoms with Gasteiger partial charge >= 0.3 is 0 Å². The third kappa shape index (κ3) is 3.08. The molecule has 17 heavy (non-hydrogen) atoms. The zero-order valence-electron chi connectivity index (χ0n) is 11.1. The number of hydrogen-bond donors (Lipinski definition) is 1. The van der Waals surface area contributed by atoms with Gasteiger partial charge in [0.1, 0.15) is 0 Å². The second-order valence-corrected chi connectivity index (χ2v) is 5.12. The average Bonchev–Trinajstić information content (AvgIpc) is 2.76. The van der Waals surface area contributed by atoms with E-state index in [1.54, 1.807) is 0 Å². The van der Waals surface area contributed by atoms with Crippen LogP contribution >= 0.6 is 0 Å². The number of benzene rings is 1. The fourth-order valence-corrected chi connectivity index (χ4v) is 2.71. The van der Waals surface area contributed by atoms with Gasteiger partial charge in [0.05, 0.1) is 6.10 Å². The van der Waals surface area contributed by atoms with Crippen molar-refractivity contribution in [2.45, 2.75) is 51.8 Å². The highest BCUT2D eigenvalue weighted by atomic mass is 16.5. The summed E-state index contributed by atoms with van der Waals surface area (Å²) in [6.45, 7) is 5.37. The van der Waals surface area contributed by atoms with E-state index in [0.717, 1.165) is 13.0 Å². The van der Waals surface area contributed by atoms with E-state index in [1.807, 2.05) is 7.11 Å². The molecule has 0 heterocycles. The van der Waals surface area contributed by atoms with Gasteiger partial charge in [0.2, 0.25) is 0 Å². The fraction of sp³-hybridized carbons (Fsp3) is 0.600. The van der Waals surface area contributed by atoms with Crippen molar-refractivity contribution >= 4 is 0 Å². The van der Waals surface area contributed by atoms with E-state index in [0.29, 0.717) is 12.1 Å². The Morgan fingerprint density at radius 1 is 1.24 bits per heavy atom. The molecule has 2 nitrogen and oxygen atoms in total. The molecule has 0 radical (unpaired) electrons. The second-order valence-electron chi connectivity index (χ2n) is 5.12. The van der Waals surface area contributed by atoms with Gasteiger partial charge in [-0.1, -0.05) is 18.2 Å². The van der Waals surface area contributed by atoms with Gasteiger partial charge in [-0.05, 0) is 49.8 Å². The Bertz CT molecular complexity index is 355. The van der Waals surface area contributed by atoms with Crippen LogP contribution in [0.15, 0.2) is 18.2 Å². The van der Waals surface area contributed by atoms with Crippen LogP contribution in [0.4, 0.5) is 0 Å². The topological polar surface area (TPSA) is 21.3 Å². The summed E-state index contributed by atoms with van der Waals surface area (Å²) in [5.41, 5.74) is 4.23. The minimum atomic E-state index is 0.463. The van der Waals surface area contributed by atoms with Crippen LogP contribution in [0.2, 0.25) is 0 Å². The van der Waals surface area contributed by atoms with Crippen LogP contribution in [0.25, 0.3) is 0 Å². The molecule has 1 aliphatic rings. The molecule has 2 heteroatoms. The van der Waals surface area contributed by atoms with E-state index in [9.17, 15) is 0 Å². The Labute approximate surface area is 104 Å². The molecule has 1 aromatic rings. The van der Waals surface area contributed by atoms with Crippen molar-refractivity contribution < 1.29 is 4.74 Å². The summed E-state index contributed by atoms with van der Waals surface area (Å²) < 4.78 is 5.40. The van der Waals surface area contributed by atoms with Crippen molar-refractivity contribution in [3.05, 3.63) is 34.9 Å². The predicted octanol–water partition coefficient (Wildman–Crippen LogP) is 2.96. The molecule has 94 valence electrons. The SMILES string of the molecule is COC1CCC(NCc2c(C)cccc2C)C1. The molecule has 1 aromatic carbocycles. The van der Waals surface area contributed by atoms with Gasteiger partial charge < -0.3 is 10.1 Å². The molecular formula is C15H23NO. The van der Waals surface area contributed by atoms with E-state index >= 15 is 0 Å². The van der Waals surface area contributed by atoms with Crippen molar-refractivity contribution in [3.63, 3.8) is 0 Å². The minimum Gasteiger partial charge on any atom is -0.381 e. The molecule has 2 unspecified atom stereocenters. The van der Waals surface area contributed by atoms with Crippen LogP contribution in [0.5, 0.6) is 0 Å². The number of hydrogen-bond acceptors (Lipinski definition) is 2. The molecule has 0 aromatic heterocycles. The van der Waals surface area contributed by atoms with Crippen LogP contribution < -0.4 is 5.32 Å². The maximum absolute atomic E-state index is 5.40. The van der Waals surface area contributed by atoms with E-state index in [2.05, 4.69) is 37.4 Å². The first-order valence-corrected chi connectivity index (χ1v) is 6.52. The third-order valence-corrected chi connectivity index (χ3v) is 3.93. The monoisotopic (exact) mass is 233 g/mol. The van der Waals surface area contributed by atoms with Crippen LogP contribution in [-0.2, 0) is 11.3 Å². The van der Waals surface area contributed by atoms with Crippen LogP contribution in [0, 0.1) is 13.8 Å². The Hall–Kier alpha value is -0.860. The number of rotatable bonds is 4. The largest absolute Gasteiger partial charge is 0.381 e. The standard InChI is InChI=1S/C15H23NO/c1-11-5-4-6-12(2)15(11)10-16-13-7-8-14(9-13)17-3/h4-6,13-14,16H,7-10H2,1-3H3. The van der Waals surface area contributed by atoms with E-state index in [4.69, 9.17) is 4.74 Å². The van der Waals surface area contributed by atoms with Crippen molar-refractivity contribution in [2.75, 3.05) is 7.11 Å². The maximum Gasteiger partial charge on any atom is 0.0586 e. The summed E-state index contributed by atoms with van der Waals surface area (Å²) in [5, 5.41) is 3.66. The van der Waals surface area contributed by atoms with Gasteiger partial charge in [-0.25, -0.2) is 0 Å². The summed E-state index contributed by atoms with van der Waals surface area (Å²) in [7, 11) is 1.82. The highest BCUT2D eigenvalue weighted by molar-refractivity contribution is 5.33. The number of aryl methyl sites for hydroxylation is 2. The molecule has 1 aliphatic carbocycles. The molecule has 0 bridgehead atoms. The molecule has 0 amide bonds. The zero-order valence-corrected chi connectivity index (χ0v) is 11.1. The Morgan fingerprint density at radius 2 is 1.94 bits per heavy atom. The van der Waals surface area contributed by atoms with E-state index < -0.39 is 0 Å². The molecule has 0 aliphatic heterocycles. The van der Waals surface area contributed by atoms with E-state index in [1.165, 1.54) is 29.5 Å². The van der Waals surface area contributed by atoms with Gasteiger partial charge in [-0.15, -0.1) is 0 Å². The number of ether oxygens (including phenoxy) is 1. The van der Waals surface area contributed by atoms with Crippen molar-refractivity contribution in [1.29, 1.82) is 0 Å². The first kappa shape index (κ1) is 12.6. The van der Waals surface area contributed by atoms with Crippen LogP contribution in [0.3, 0.4) is 0 Å². The third-order valence-electron chi connectivity index (χ3n) is 3.93. The van der Waals surface area contributed by atoms with Crippen LogP contribution in [-0.4, -0.2) is 19.3 Å². The lowest BCUT2D eigenvalue weighted by Crippen LogP contribution is -2.27. The van der Waals surface area contributed by atoms with Gasteiger partial charge in [0.25, 0.3) is 0 Å². The Balaban J connectivity index is 1.90. The summed E-state index contributed by atoms with van der Waals surface area (Å²) in [6, 6.07) is 7.14. The second kappa shape index (κ2) is 5.65. The maximum atomic E-state index is 5.40. The summed E-state index contributed by atoms with van der Waals surface area (Å²) >= 11 is 0. The molecule has 0 spiro atoms. The quantitative estimate of drug-likeness (QED) is 0.863. The average molecular weight is 233 g/mol. The first-order valence-electron chi connectivity index (χ1n) is 6.52.